The zero-order valence-corrected chi connectivity index (χ0v) is 16.2. The molecule has 0 atom stereocenters. The van der Waals surface area contributed by atoms with Crippen molar-refractivity contribution >= 4 is 51.9 Å². The van der Waals surface area contributed by atoms with Crippen LogP contribution in [-0.2, 0) is 4.79 Å². The monoisotopic (exact) mass is 425 g/mol. The van der Waals surface area contributed by atoms with Gasteiger partial charge in [0, 0.05) is 28.8 Å². The van der Waals surface area contributed by atoms with Crippen LogP contribution in [0.25, 0.3) is 17.4 Å². The van der Waals surface area contributed by atoms with Gasteiger partial charge in [-0.25, -0.2) is 4.99 Å². The van der Waals surface area contributed by atoms with Crippen molar-refractivity contribution in [3.05, 3.63) is 86.5 Å². The standard InChI is InChI=1S/C20H12ClN3O4S/c21-13-2-1-3-14(10-13)22-20-23-19(25)18(29-20)11-16-8-9-17(28-16)12-4-6-15(7-5-12)24(26)27/h1-11H,(H,22,23,25)/b18-11+. The Bertz CT molecular complexity index is 1170. The highest BCUT2D eigenvalue weighted by atomic mass is 35.5. The first kappa shape index (κ1) is 19.0. The van der Waals surface area contributed by atoms with Crippen LogP contribution in [0.4, 0.5) is 11.4 Å². The van der Waals surface area contributed by atoms with Crippen LogP contribution in [0.15, 0.2) is 75.0 Å². The number of nitro groups is 1. The van der Waals surface area contributed by atoms with Crippen LogP contribution < -0.4 is 5.32 Å². The summed E-state index contributed by atoms with van der Waals surface area (Å²) < 4.78 is 5.75. The number of non-ortho nitro benzene ring substituents is 1. The summed E-state index contributed by atoms with van der Waals surface area (Å²) in [6.45, 7) is 0. The van der Waals surface area contributed by atoms with Gasteiger partial charge in [-0.15, -0.1) is 0 Å². The predicted octanol–water partition coefficient (Wildman–Crippen LogP) is 5.40. The summed E-state index contributed by atoms with van der Waals surface area (Å²) in [5, 5.41) is 14.5. The van der Waals surface area contributed by atoms with Gasteiger partial charge < -0.3 is 9.73 Å². The number of furan rings is 1. The highest BCUT2D eigenvalue weighted by molar-refractivity contribution is 8.18. The van der Waals surface area contributed by atoms with Crippen LogP contribution in [0.2, 0.25) is 5.02 Å². The molecule has 9 heteroatoms. The molecule has 1 saturated heterocycles. The maximum atomic E-state index is 12.2. The van der Waals surface area contributed by atoms with Crippen LogP contribution >= 0.6 is 23.4 Å². The quantitative estimate of drug-likeness (QED) is 0.343. The van der Waals surface area contributed by atoms with Crippen molar-refractivity contribution in [2.24, 2.45) is 4.99 Å². The molecular weight excluding hydrogens is 414 g/mol. The highest BCUT2D eigenvalue weighted by Gasteiger charge is 2.24. The van der Waals surface area contributed by atoms with E-state index in [2.05, 4.69) is 10.3 Å². The lowest BCUT2D eigenvalue weighted by molar-refractivity contribution is -0.384. The van der Waals surface area contributed by atoms with Crippen molar-refractivity contribution < 1.29 is 14.1 Å². The van der Waals surface area contributed by atoms with E-state index in [4.69, 9.17) is 16.0 Å². The molecule has 3 aromatic rings. The molecule has 29 heavy (non-hydrogen) atoms. The molecule has 2 heterocycles. The van der Waals surface area contributed by atoms with Crippen molar-refractivity contribution in [3.8, 4) is 11.3 Å². The minimum Gasteiger partial charge on any atom is -0.457 e. The Balaban J connectivity index is 1.53. The number of halogens is 1. The number of benzene rings is 2. The van der Waals surface area contributed by atoms with Crippen LogP contribution in [0, 0.1) is 10.1 Å². The van der Waals surface area contributed by atoms with Crippen molar-refractivity contribution in [2.45, 2.75) is 0 Å². The largest absolute Gasteiger partial charge is 0.457 e. The van der Waals surface area contributed by atoms with Gasteiger partial charge in [0.15, 0.2) is 5.17 Å². The first-order chi connectivity index (χ1) is 14.0. The molecule has 0 unspecified atom stereocenters. The number of hydrogen-bond acceptors (Lipinski definition) is 6. The Morgan fingerprint density at radius 1 is 1.14 bits per heavy atom. The fourth-order valence-electron chi connectivity index (χ4n) is 2.61. The molecule has 1 aliphatic heterocycles. The van der Waals surface area contributed by atoms with Crippen molar-refractivity contribution in [3.63, 3.8) is 0 Å². The van der Waals surface area contributed by atoms with E-state index in [1.807, 2.05) is 0 Å². The minimum absolute atomic E-state index is 0.00759. The number of nitrogens with zero attached hydrogens (tertiary/aromatic N) is 2. The zero-order chi connectivity index (χ0) is 20.4. The normalized spacial score (nSPS) is 16.4. The molecule has 144 valence electrons. The number of nitrogens with one attached hydrogen (secondary N) is 1. The third kappa shape index (κ3) is 4.39. The van der Waals surface area contributed by atoms with Gasteiger partial charge in [-0.1, -0.05) is 17.7 Å². The molecule has 1 aromatic heterocycles. The van der Waals surface area contributed by atoms with Gasteiger partial charge in [0.1, 0.15) is 11.5 Å². The summed E-state index contributed by atoms with van der Waals surface area (Å²) in [7, 11) is 0. The van der Waals surface area contributed by atoms with Gasteiger partial charge in [0.05, 0.1) is 15.5 Å². The molecule has 0 bridgehead atoms. The topological polar surface area (TPSA) is 97.7 Å². The Kier molecular flexibility index (Phi) is 5.20. The fraction of sp³-hybridized carbons (Fsp3) is 0. The average molecular weight is 426 g/mol. The van der Waals surface area contributed by atoms with Crippen molar-refractivity contribution in [1.29, 1.82) is 0 Å². The van der Waals surface area contributed by atoms with Gasteiger partial charge >= 0.3 is 0 Å². The number of aliphatic imine (C=N–C) groups is 1. The van der Waals surface area contributed by atoms with E-state index in [1.165, 1.54) is 23.9 Å². The molecule has 4 rings (SSSR count). The number of thioether (sulfide) groups is 1. The number of amides is 1. The van der Waals surface area contributed by atoms with Crippen LogP contribution in [0.3, 0.4) is 0 Å². The molecular formula is C20H12ClN3O4S. The Labute approximate surface area is 174 Å². The summed E-state index contributed by atoms with van der Waals surface area (Å²) in [6.07, 6.45) is 1.62. The SMILES string of the molecule is O=C1NC(=Nc2cccc(Cl)c2)S/C1=C/c1ccc(-c2ccc([N+](=O)[O-])cc2)o1. The average Bonchev–Trinajstić information content (AvgIpc) is 3.29. The number of carbonyl (C=O) groups excluding carboxylic acids is 1. The van der Waals surface area contributed by atoms with E-state index in [0.717, 1.165) is 0 Å². The highest BCUT2D eigenvalue weighted by Crippen LogP contribution is 2.31. The molecule has 1 fully saturated rings. The maximum absolute atomic E-state index is 12.2. The van der Waals surface area contributed by atoms with Gasteiger partial charge in [0.2, 0.25) is 0 Å². The van der Waals surface area contributed by atoms with Gasteiger partial charge in [-0.3, -0.25) is 14.9 Å². The van der Waals surface area contributed by atoms with E-state index < -0.39 is 4.92 Å². The summed E-state index contributed by atoms with van der Waals surface area (Å²) in [6, 6.07) is 16.5. The summed E-state index contributed by atoms with van der Waals surface area (Å²) >= 11 is 7.15. The van der Waals surface area contributed by atoms with Gasteiger partial charge in [-0.2, -0.15) is 0 Å². The molecule has 1 aliphatic rings. The Hall–Kier alpha value is -3.36. The summed E-state index contributed by atoms with van der Waals surface area (Å²) in [5.41, 5.74) is 1.35. The third-order valence-electron chi connectivity index (χ3n) is 3.95. The van der Waals surface area contributed by atoms with Crippen LogP contribution in [-0.4, -0.2) is 16.0 Å². The second-order valence-corrected chi connectivity index (χ2v) is 7.43. The molecule has 0 radical (unpaired) electrons. The Morgan fingerprint density at radius 2 is 1.93 bits per heavy atom. The fourth-order valence-corrected chi connectivity index (χ4v) is 3.61. The first-order valence-electron chi connectivity index (χ1n) is 8.38. The van der Waals surface area contributed by atoms with E-state index in [1.54, 1.807) is 54.6 Å². The lowest BCUT2D eigenvalue weighted by atomic mass is 10.1. The smallest absolute Gasteiger partial charge is 0.269 e. The van der Waals surface area contributed by atoms with Gasteiger partial charge in [0.25, 0.3) is 11.6 Å². The molecule has 1 amide bonds. The van der Waals surface area contributed by atoms with E-state index in [-0.39, 0.29) is 11.6 Å². The molecule has 0 spiro atoms. The predicted molar refractivity (Wildman–Crippen MR) is 113 cm³/mol. The summed E-state index contributed by atoms with van der Waals surface area (Å²) in [4.78, 5) is 27.3. The number of hydrogen-bond donors (Lipinski definition) is 1. The molecule has 1 N–H and O–H groups in total. The minimum atomic E-state index is -0.458. The lowest BCUT2D eigenvalue weighted by Crippen LogP contribution is -2.19. The van der Waals surface area contributed by atoms with E-state index >= 15 is 0 Å². The number of rotatable bonds is 4. The second kappa shape index (κ2) is 7.94. The second-order valence-electron chi connectivity index (χ2n) is 5.97. The summed E-state index contributed by atoms with van der Waals surface area (Å²) in [5.74, 6) is 0.757. The van der Waals surface area contributed by atoms with Crippen LogP contribution in [0.5, 0.6) is 0 Å². The van der Waals surface area contributed by atoms with Gasteiger partial charge in [-0.05, 0) is 54.2 Å². The molecule has 2 aromatic carbocycles. The molecule has 0 aliphatic carbocycles. The zero-order valence-electron chi connectivity index (χ0n) is 14.7. The van der Waals surface area contributed by atoms with Crippen LogP contribution in [0.1, 0.15) is 5.76 Å². The van der Waals surface area contributed by atoms with Crippen molar-refractivity contribution in [2.75, 3.05) is 0 Å². The maximum Gasteiger partial charge on any atom is 0.269 e. The first-order valence-corrected chi connectivity index (χ1v) is 9.57. The number of carbonyl (C=O) groups is 1. The number of amidine groups is 1. The van der Waals surface area contributed by atoms with E-state index in [9.17, 15) is 14.9 Å². The van der Waals surface area contributed by atoms with Crippen molar-refractivity contribution in [1.82, 2.24) is 5.32 Å². The lowest BCUT2D eigenvalue weighted by Gasteiger charge is -1.97. The van der Waals surface area contributed by atoms with E-state index in [0.29, 0.717) is 37.9 Å². The molecule has 0 saturated carbocycles. The number of nitro benzene ring substituents is 1. The Morgan fingerprint density at radius 3 is 2.66 bits per heavy atom. The molecule has 7 nitrogen and oxygen atoms in total. The third-order valence-corrected chi connectivity index (χ3v) is 5.10.